The van der Waals surface area contributed by atoms with Crippen LogP contribution in [0.25, 0.3) is 0 Å². The van der Waals surface area contributed by atoms with E-state index >= 15 is 0 Å². The normalized spacial score (nSPS) is 42.8. The van der Waals surface area contributed by atoms with Gasteiger partial charge in [0.15, 0.2) is 0 Å². The first-order chi connectivity index (χ1) is 9.89. The number of carbonyl (C=O) groups excluding carboxylic acids is 1. The molecule has 5 heteroatoms. The Morgan fingerprint density at radius 1 is 1.33 bits per heavy atom. The molecule has 120 valence electrons. The highest BCUT2D eigenvalue weighted by Gasteiger charge is 2.70. The van der Waals surface area contributed by atoms with E-state index in [9.17, 15) is 4.79 Å². The predicted molar refractivity (Wildman–Crippen MR) is 79.7 cm³/mol. The first-order valence-electron chi connectivity index (χ1n) is 8.18. The summed E-state index contributed by atoms with van der Waals surface area (Å²) >= 11 is 0. The standard InChI is InChI=1S/C16H28N2O3/c1-10(11-6-8-20-9-11)18-14(19)16(17)12-5-4-7-21-13(12)15(16,2)3/h10-13H,4-9,17H2,1-3H3,(H,18,19). The van der Waals surface area contributed by atoms with Crippen molar-refractivity contribution in [3.63, 3.8) is 0 Å². The molecule has 3 rings (SSSR count). The van der Waals surface area contributed by atoms with Gasteiger partial charge in [0.2, 0.25) is 5.91 Å². The van der Waals surface area contributed by atoms with Crippen molar-refractivity contribution in [2.45, 2.75) is 57.7 Å². The van der Waals surface area contributed by atoms with E-state index in [2.05, 4.69) is 26.1 Å². The number of hydrogen-bond donors (Lipinski definition) is 2. The molecule has 3 aliphatic rings. The van der Waals surface area contributed by atoms with Crippen molar-refractivity contribution in [3.8, 4) is 0 Å². The molecular formula is C16H28N2O3. The van der Waals surface area contributed by atoms with E-state index in [1.54, 1.807) is 0 Å². The maximum atomic E-state index is 12.9. The van der Waals surface area contributed by atoms with Crippen molar-refractivity contribution in [3.05, 3.63) is 0 Å². The summed E-state index contributed by atoms with van der Waals surface area (Å²) in [5.74, 6) is 0.533. The largest absolute Gasteiger partial charge is 0.381 e. The first kappa shape index (κ1) is 15.3. The van der Waals surface area contributed by atoms with Gasteiger partial charge in [-0.3, -0.25) is 4.79 Å². The van der Waals surface area contributed by atoms with E-state index in [0.717, 1.165) is 39.1 Å². The Morgan fingerprint density at radius 2 is 2.10 bits per heavy atom. The Balaban J connectivity index is 1.70. The minimum Gasteiger partial charge on any atom is -0.381 e. The maximum Gasteiger partial charge on any atom is 0.241 e. The summed E-state index contributed by atoms with van der Waals surface area (Å²) in [5.41, 5.74) is 5.48. The number of ether oxygens (including phenoxy) is 2. The van der Waals surface area contributed by atoms with Crippen LogP contribution in [0.5, 0.6) is 0 Å². The summed E-state index contributed by atoms with van der Waals surface area (Å²) in [5, 5.41) is 3.15. The van der Waals surface area contributed by atoms with Crippen LogP contribution in [-0.4, -0.2) is 43.4 Å². The number of nitrogens with two attached hydrogens (primary N) is 1. The molecule has 1 amide bonds. The number of amides is 1. The first-order valence-corrected chi connectivity index (χ1v) is 8.18. The zero-order chi connectivity index (χ0) is 15.3. The molecule has 0 aromatic rings. The second kappa shape index (κ2) is 5.21. The molecule has 1 saturated carbocycles. The van der Waals surface area contributed by atoms with E-state index in [1.807, 2.05) is 0 Å². The maximum absolute atomic E-state index is 12.9. The molecule has 1 aliphatic carbocycles. The van der Waals surface area contributed by atoms with Crippen LogP contribution in [0, 0.1) is 17.3 Å². The van der Waals surface area contributed by atoms with Crippen molar-refractivity contribution >= 4 is 5.91 Å². The van der Waals surface area contributed by atoms with Gasteiger partial charge in [0, 0.05) is 36.5 Å². The molecule has 0 aromatic heterocycles. The van der Waals surface area contributed by atoms with Gasteiger partial charge in [0.05, 0.1) is 12.7 Å². The van der Waals surface area contributed by atoms with Gasteiger partial charge >= 0.3 is 0 Å². The molecule has 5 atom stereocenters. The molecule has 21 heavy (non-hydrogen) atoms. The van der Waals surface area contributed by atoms with Crippen LogP contribution in [0.15, 0.2) is 0 Å². The molecule has 2 aliphatic heterocycles. The van der Waals surface area contributed by atoms with Crippen molar-refractivity contribution in [1.82, 2.24) is 5.32 Å². The number of carbonyl (C=O) groups is 1. The third kappa shape index (κ3) is 2.13. The number of rotatable bonds is 3. The van der Waals surface area contributed by atoms with E-state index in [-0.39, 0.29) is 29.4 Å². The Hall–Kier alpha value is -0.650. The van der Waals surface area contributed by atoms with Gasteiger partial charge in [-0.1, -0.05) is 13.8 Å². The number of nitrogens with one attached hydrogen (secondary N) is 1. The van der Waals surface area contributed by atoms with Crippen molar-refractivity contribution < 1.29 is 14.3 Å². The summed E-state index contributed by atoms with van der Waals surface area (Å²) in [7, 11) is 0. The lowest BCUT2D eigenvalue weighted by Crippen LogP contribution is -2.82. The molecule has 0 bridgehead atoms. The van der Waals surface area contributed by atoms with Crippen LogP contribution < -0.4 is 11.1 Å². The van der Waals surface area contributed by atoms with Crippen LogP contribution in [0.2, 0.25) is 0 Å². The minimum absolute atomic E-state index is 0.0151. The van der Waals surface area contributed by atoms with E-state index in [4.69, 9.17) is 15.2 Å². The summed E-state index contributed by atoms with van der Waals surface area (Å²) < 4.78 is 11.3. The second-order valence-electron chi connectivity index (χ2n) is 7.52. The molecule has 0 radical (unpaired) electrons. The van der Waals surface area contributed by atoms with Crippen LogP contribution in [0.1, 0.15) is 40.0 Å². The second-order valence-corrected chi connectivity index (χ2v) is 7.52. The third-order valence-electron chi connectivity index (χ3n) is 6.09. The summed E-state index contributed by atoms with van der Waals surface area (Å²) in [6, 6.07) is 0.111. The average Bonchev–Trinajstić information content (AvgIpc) is 3.00. The lowest BCUT2D eigenvalue weighted by molar-refractivity contribution is -0.225. The van der Waals surface area contributed by atoms with Gasteiger partial charge in [-0.25, -0.2) is 0 Å². The molecule has 2 saturated heterocycles. The average molecular weight is 296 g/mol. The monoisotopic (exact) mass is 296 g/mol. The Morgan fingerprint density at radius 3 is 2.76 bits per heavy atom. The molecule has 0 aromatic carbocycles. The van der Waals surface area contributed by atoms with Crippen molar-refractivity contribution in [2.24, 2.45) is 23.0 Å². The van der Waals surface area contributed by atoms with E-state index in [1.165, 1.54) is 0 Å². The van der Waals surface area contributed by atoms with Crippen molar-refractivity contribution in [1.29, 1.82) is 0 Å². The molecule has 5 nitrogen and oxygen atoms in total. The quantitative estimate of drug-likeness (QED) is 0.817. The van der Waals surface area contributed by atoms with E-state index in [0.29, 0.717) is 5.92 Å². The molecule has 2 heterocycles. The zero-order valence-corrected chi connectivity index (χ0v) is 13.4. The lowest BCUT2D eigenvalue weighted by Gasteiger charge is -2.65. The number of hydrogen-bond acceptors (Lipinski definition) is 4. The third-order valence-corrected chi connectivity index (χ3v) is 6.09. The molecule has 5 unspecified atom stereocenters. The highest BCUT2D eigenvalue weighted by molar-refractivity contribution is 5.89. The fraction of sp³-hybridized carbons (Fsp3) is 0.938. The highest BCUT2D eigenvalue weighted by Crippen LogP contribution is 2.57. The Bertz CT molecular complexity index is 420. The SMILES string of the molecule is CC(NC(=O)C1(N)C2CCCOC2C1(C)C)C1CCOC1. The fourth-order valence-corrected chi connectivity index (χ4v) is 4.43. The summed E-state index contributed by atoms with van der Waals surface area (Å²) in [4.78, 5) is 12.9. The topological polar surface area (TPSA) is 73.6 Å². The fourth-order valence-electron chi connectivity index (χ4n) is 4.43. The van der Waals surface area contributed by atoms with Gasteiger partial charge < -0.3 is 20.5 Å². The molecule has 3 N–H and O–H groups in total. The minimum atomic E-state index is -0.814. The Labute approximate surface area is 126 Å². The van der Waals surface area contributed by atoms with Gasteiger partial charge in [-0.15, -0.1) is 0 Å². The van der Waals surface area contributed by atoms with Crippen LogP contribution >= 0.6 is 0 Å². The van der Waals surface area contributed by atoms with Crippen molar-refractivity contribution in [2.75, 3.05) is 19.8 Å². The van der Waals surface area contributed by atoms with Crippen LogP contribution in [0.4, 0.5) is 0 Å². The molecule has 3 fully saturated rings. The van der Waals surface area contributed by atoms with Gasteiger partial charge in [-0.05, 0) is 26.2 Å². The van der Waals surface area contributed by atoms with Gasteiger partial charge in [-0.2, -0.15) is 0 Å². The van der Waals surface area contributed by atoms with Crippen LogP contribution in [0.3, 0.4) is 0 Å². The summed E-state index contributed by atoms with van der Waals surface area (Å²) in [6.07, 6.45) is 3.11. The molecular weight excluding hydrogens is 268 g/mol. The lowest BCUT2D eigenvalue weighted by atomic mass is 9.46. The van der Waals surface area contributed by atoms with Gasteiger partial charge in [0.25, 0.3) is 0 Å². The summed E-state index contributed by atoms with van der Waals surface area (Å²) in [6.45, 7) is 8.49. The molecule has 0 spiro atoms. The Kier molecular flexibility index (Phi) is 3.79. The smallest absolute Gasteiger partial charge is 0.241 e. The highest BCUT2D eigenvalue weighted by atomic mass is 16.5. The van der Waals surface area contributed by atoms with E-state index < -0.39 is 5.54 Å². The predicted octanol–water partition coefficient (Wildman–Crippen LogP) is 1.06. The zero-order valence-electron chi connectivity index (χ0n) is 13.4. The van der Waals surface area contributed by atoms with Crippen LogP contribution in [-0.2, 0) is 14.3 Å². The van der Waals surface area contributed by atoms with Gasteiger partial charge in [0.1, 0.15) is 5.54 Å². The number of fused-ring (bicyclic) bond motifs is 1.